The zero-order valence-electron chi connectivity index (χ0n) is 13.3. The van der Waals surface area contributed by atoms with Gasteiger partial charge in [0.25, 0.3) is 5.91 Å². The van der Waals surface area contributed by atoms with Gasteiger partial charge in [-0.3, -0.25) is 4.79 Å². The van der Waals surface area contributed by atoms with Gasteiger partial charge in [0.05, 0.1) is 0 Å². The standard InChI is InChI=1S/C16H25FN2O2/c1-5-6-18-10-12-7-13(17)9-14(8-12)21-11-15(20)19-16(2,3)4/h7-9,18H,5-6,10-11H2,1-4H3,(H,19,20). The number of carbonyl (C=O) groups excluding carboxylic acids is 1. The van der Waals surface area contributed by atoms with E-state index in [0.29, 0.717) is 12.3 Å². The highest BCUT2D eigenvalue weighted by molar-refractivity contribution is 5.78. The second kappa shape index (κ2) is 7.98. The molecule has 118 valence electrons. The molecular weight excluding hydrogens is 271 g/mol. The van der Waals surface area contributed by atoms with Gasteiger partial charge in [0, 0.05) is 18.2 Å². The number of halogens is 1. The molecule has 0 aromatic heterocycles. The first-order valence-corrected chi connectivity index (χ1v) is 7.24. The van der Waals surface area contributed by atoms with Crippen molar-refractivity contribution in [3.8, 4) is 5.75 Å². The number of benzene rings is 1. The lowest BCUT2D eigenvalue weighted by Crippen LogP contribution is -2.43. The highest BCUT2D eigenvalue weighted by Gasteiger charge is 2.14. The molecule has 0 saturated carbocycles. The van der Waals surface area contributed by atoms with Crippen LogP contribution in [0.25, 0.3) is 0 Å². The van der Waals surface area contributed by atoms with Crippen LogP contribution in [0.15, 0.2) is 18.2 Å². The number of hydrogen-bond donors (Lipinski definition) is 2. The number of nitrogens with one attached hydrogen (secondary N) is 2. The molecule has 21 heavy (non-hydrogen) atoms. The molecule has 1 aromatic carbocycles. The molecule has 5 heteroatoms. The minimum absolute atomic E-state index is 0.122. The number of amides is 1. The van der Waals surface area contributed by atoms with Gasteiger partial charge in [0.2, 0.25) is 0 Å². The van der Waals surface area contributed by atoms with Crippen molar-refractivity contribution in [1.82, 2.24) is 10.6 Å². The Bertz CT molecular complexity index is 470. The van der Waals surface area contributed by atoms with Gasteiger partial charge in [-0.05, 0) is 51.4 Å². The molecule has 0 saturated heterocycles. The van der Waals surface area contributed by atoms with Crippen LogP contribution in [0.2, 0.25) is 0 Å². The van der Waals surface area contributed by atoms with Crippen LogP contribution < -0.4 is 15.4 Å². The Kier molecular flexibility index (Phi) is 6.62. The van der Waals surface area contributed by atoms with E-state index in [1.165, 1.54) is 12.1 Å². The largest absolute Gasteiger partial charge is 0.484 e. The summed E-state index contributed by atoms with van der Waals surface area (Å²) >= 11 is 0. The van der Waals surface area contributed by atoms with Crippen LogP contribution in [-0.4, -0.2) is 24.6 Å². The summed E-state index contributed by atoms with van der Waals surface area (Å²) in [5.74, 6) is -0.221. The van der Waals surface area contributed by atoms with E-state index >= 15 is 0 Å². The SMILES string of the molecule is CCCNCc1cc(F)cc(OCC(=O)NC(C)(C)C)c1. The van der Waals surface area contributed by atoms with Crippen LogP contribution in [0.3, 0.4) is 0 Å². The molecule has 0 aliphatic rings. The molecule has 0 radical (unpaired) electrons. The first-order valence-electron chi connectivity index (χ1n) is 7.24. The molecule has 1 amide bonds. The van der Waals surface area contributed by atoms with Crippen LogP contribution in [0.5, 0.6) is 5.75 Å². The lowest BCUT2D eigenvalue weighted by Gasteiger charge is -2.20. The molecule has 0 fully saturated rings. The van der Waals surface area contributed by atoms with Crippen LogP contribution in [0, 0.1) is 5.82 Å². The van der Waals surface area contributed by atoms with Gasteiger partial charge in [-0.2, -0.15) is 0 Å². The third kappa shape index (κ3) is 7.66. The molecule has 0 aliphatic carbocycles. The van der Waals surface area contributed by atoms with Crippen molar-refractivity contribution in [1.29, 1.82) is 0 Å². The maximum absolute atomic E-state index is 13.5. The third-order valence-corrected chi connectivity index (χ3v) is 2.57. The third-order valence-electron chi connectivity index (χ3n) is 2.57. The second-order valence-corrected chi connectivity index (χ2v) is 6.06. The van der Waals surface area contributed by atoms with Crippen LogP contribution >= 0.6 is 0 Å². The molecule has 1 rings (SSSR count). The van der Waals surface area contributed by atoms with Crippen molar-refractivity contribution in [3.05, 3.63) is 29.6 Å². The van der Waals surface area contributed by atoms with Crippen molar-refractivity contribution in [2.45, 2.75) is 46.2 Å². The average Bonchev–Trinajstić information content (AvgIpc) is 2.34. The van der Waals surface area contributed by atoms with Crippen LogP contribution in [-0.2, 0) is 11.3 Å². The molecule has 0 heterocycles. The van der Waals surface area contributed by atoms with E-state index in [2.05, 4.69) is 17.6 Å². The van der Waals surface area contributed by atoms with Gasteiger partial charge in [-0.25, -0.2) is 4.39 Å². The minimum atomic E-state index is -0.364. The Labute approximate surface area is 126 Å². The van der Waals surface area contributed by atoms with E-state index in [9.17, 15) is 9.18 Å². The zero-order valence-corrected chi connectivity index (χ0v) is 13.3. The van der Waals surface area contributed by atoms with Gasteiger partial charge in [0.15, 0.2) is 6.61 Å². The van der Waals surface area contributed by atoms with Crippen molar-refractivity contribution in [2.75, 3.05) is 13.2 Å². The first-order chi connectivity index (χ1) is 9.80. The first kappa shape index (κ1) is 17.4. The quantitative estimate of drug-likeness (QED) is 0.761. The molecule has 0 spiro atoms. The molecule has 4 nitrogen and oxygen atoms in total. The number of rotatable bonds is 7. The number of carbonyl (C=O) groups is 1. The van der Waals surface area contributed by atoms with E-state index < -0.39 is 0 Å². The van der Waals surface area contributed by atoms with Gasteiger partial charge >= 0.3 is 0 Å². The second-order valence-electron chi connectivity index (χ2n) is 6.06. The molecule has 0 aliphatic heterocycles. The minimum Gasteiger partial charge on any atom is -0.484 e. The molecule has 1 aromatic rings. The molecular formula is C16H25FN2O2. The van der Waals surface area contributed by atoms with E-state index in [0.717, 1.165) is 18.5 Å². The molecule has 2 N–H and O–H groups in total. The fourth-order valence-corrected chi connectivity index (χ4v) is 1.82. The number of ether oxygens (including phenoxy) is 1. The van der Waals surface area contributed by atoms with Crippen molar-refractivity contribution < 1.29 is 13.9 Å². The van der Waals surface area contributed by atoms with Crippen molar-refractivity contribution in [3.63, 3.8) is 0 Å². The fraction of sp³-hybridized carbons (Fsp3) is 0.562. The summed E-state index contributed by atoms with van der Waals surface area (Å²) in [6.07, 6.45) is 1.02. The van der Waals surface area contributed by atoms with Crippen LogP contribution in [0.1, 0.15) is 39.7 Å². The Morgan fingerprint density at radius 3 is 2.62 bits per heavy atom. The molecule has 0 bridgehead atoms. The highest BCUT2D eigenvalue weighted by Crippen LogP contribution is 2.16. The van der Waals surface area contributed by atoms with Gasteiger partial charge in [-0.1, -0.05) is 6.92 Å². The summed E-state index contributed by atoms with van der Waals surface area (Å²) in [7, 11) is 0. The summed E-state index contributed by atoms with van der Waals surface area (Å²) in [5.41, 5.74) is 0.493. The fourth-order valence-electron chi connectivity index (χ4n) is 1.82. The maximum Gasteiger partial charge on any atom is 0.258 e. The average molecular weight is 296 g/mol. The molecule has 0 unspecified atom stereocenters. The summed E-state index contributed by atoms with van der Waals surface area (Å²) in [5, 5.41) is 5.99. The summed E-state index contributed by atoms with van der Waals surface area (Å²) in [4.78, 5) is 11.7. The van der Waals surface area contributed by atoms with E-state index in [-0.39, 0.29) is 23.9 Å². The maximum atomic E-state index is 13.5. The summed E-state index contributed by atoms with van der Waals surface area (Å²) in [6.45, 7) is 9.08. The van der Waals surface area contributed by atoms with E-state index in [1.54, 1.807) is 6.07 Å². The van der Waals surface area contributed by atoms with Gasteiger partial charge in [-0.15, -0.1) is 0 Å². The highest BCUT2D eigenvalue weighted by atomic mass is 19.1. The normalized spacial score (nSPS) is 11.3. The Hall–Kier alpha value is -1.62. The van der Waals surface area contributed by atoms with Crippen molar-refractivity contribution >= 4 is 5.91 Å². The predicted molar refractivity (Wildman–Crippen MR) is 81.8 cm³/mol. The Morgan fingerprint density at radius 1 is 1.29 bits per heavy atom. The lowest BCUT2D eigenvalue weighted by molar-refractivity contribution is -0.124. The van der Waals surface area contributed by atoms with E-state index in [4.69, 9.17) is 4.74 Å². The monoisotopic (exact) mass is 296 g/mol. The van der Waals surface area contributed by atoms with Crippen molar-refractivity contribution in [2.24, 2.45) is 0 Å². The predicted octanol–water partition coefficient (Wildman–Crippen LogP) is 2.62. The zero-order chi connectivity index (χ0) is 15.9. The summed E-state index contributed by atoms with van der Waals surface area (Å²) in [6, 6.07) is 4.49. The van der Waals surface area contributed by atoms with Gasteiger partial charge in [0.1, 0.15) is 11.6 Å². The molecule has 0 atom stereocenters. The smallest absolute Gasteiger partial charge is 0.258 e. The summed E-state index contributed by atoms with van der Waals surface area (Å²) < 4.78 is 18.9. The Balaban J connectivity index is 2.56. The van der Waals surface area contributed by atoms with Gasteiger partial charge < -0.3 is 15.4 Å². The van der Waals surface area contributed by atoms with Crippen LogP contribution in [0.4, 0.5) is 4.39 Å². The number of hydrogen-bond acceptors (Lipinski definition) is 3. The lowest BCUT2D eigenvalue weighted by atomic mass is 10.1. The Morgan fingerprint density at radius 2 is 2.00 bits per heavy atom. The van der Waals surface area contributed by atoms with E-state index in [1.807, 2.05) is 20.8 Å². The topological polar surface area (TPSA) is 50.4 Å².